The van der Waals surface area contributed by atoms with Gasteiger partial charge in [0.1, 0.15) is 6.07 Å². The molecule has 4 heteroatoms. The van der Waals surface area contributed by atoms with Gasteiger partial charge in [-0.05, 0) is 64.0 Å². The first kappa shape index (κ1) is 15.1. The average Bonchev–Trinajstić information content (AvgIpc) is 2.46. The molecule has 22 heavy (non-hydrogen) atoms. The van der Waals surface area contributed by atoms with E-state index in [0.29, 0.717) is 5.56 Å². The van der Waals surface area contributed by atoms with Gasteiger partial charge in [-0.3, -0.25) is 4.98 Å². The summed E-state index contributed by atoms with van der Waals surface area (Å²) >= 11 is 3.45. The molecule has 1 aliphatic carbocycles. The number of benzene rings is 1. The van der Waals surface area contributed by atoms with Crippen LogP contribution < -0.4 is 5.32 Å². The maximum Gasteiger partial charge on any atom is 0.100 e. The van der Waals surface area contributed by atoms with Crippen LogP contribution >= 0.6 is 15.9 Å². The largest absolute Gasteiger partial charge is 0.378 e. The van der Waals surface area contributed by atoms with Crippen LogP contribution in [0.5, 0.6) is 0 Å². The van der Waals surface area contributed by atoms with E-state index in [0.717, 1.165) is 23.0 Å². The lowest BCUT2D eigenvalue weighted by atomic mass is 9.74. The summed E-state index contributed by atoms with van der Waals surface area (Å²) < 4.78 is 0.821. The van der Waals surface area contributed by atoms with Crippen molar-refractivity contribution in [2.24, 2.45) is 5.41 Å². The highest BCUT2D eigenvalue weighted by molar-refractivity contribution is 9.10. The van der Waals surface area contributed by atoms with Gasteiger partial charge in [0.2, 0.25) is 0 Å². The van der Waals surface area contributed by atoms with Crippen LogP contribution in [0.4, 0.5) is 5.69 Å². The molecule has 1 unspecified atom stereocenters. The molecule has 1 atom stereocenters. The fourth-order valence-corrected chi connectivity index (χ4v) is 3.60. The van der Waals surface area contributed by atoms with Gasteiger partial charge in [-0.15, -0.1) is 0 Å². The van der Waals surface area contributed by atoms with E-state index in [1.807, 2.05) is 30.5 Å². The lowest BCUT2D eigenvalue weighted by Crippen LogP contribution is -2.30. The fourth-order valence-electron chi connectivity index (χ4n) is 3.13. The summed E-state index contributed by atoms with van der Waals surface area (Å²) in [5.41, 5.74) is 4.36. The quantitative estimate of drug-likeness (QED) is 0.838. The second-order valence-corrected chi connectivity index (χ2v) is 7.44. The highest BCUT2D eigenvalue weighted by Gasteiger charge is 2.32. The normalized spacial score (nSPS) is 19.1. The number of fused-ring (bicyclic) bond motifs is 1. The van der Waals surface area contributed by atoms with Crippen LogP contribution in [-0.2, 0) is 6.42 Å². The third kappa shape index (κ3) is 3.00. The number of hydrogen-bond donors (Lipinski definition) is 1. The third-order valence-electron chi connectivity index (χ3n) is 4.13. The lowest BCUT2D eigenvalue weighted by Gasteiger charge is -2.37. The number of nitriles is 1. The van der Waals surface area contributed by atoms with Crippen LogP contribution in [0.1, 0.15) is 43.1 Å². The van der Waals surface area contributed by atoms with Gasteiger partial charge in [0.05, 0.1) is 11.6 Å². The highest BCUT2D eigenvalue weighted by Crippen LogP contribution is 2.41. The van der Waals surface area contributed by atoms with Crippen LogP contribution in [0.3, 0.4) is 0 Å². The minimum absolute atomic E-state index is 0.225. The molecule has 1 aromatic carbocycles. The number of rotatable bonds is 2. The third-order valence-corrected chi connectivity index (χ3v) is 4.79. The van der Waals surface area contributed by atoms with Crippen molar-refractivity contribution in [3.63, 3.8) is 0 Å². The van der Waals surface area contributed by atoms with Crippen LogP contribution in [0.2, 0.25) is 0 Å². The molecule has 0 aliphatic heterocycles. The van der Waals surface area contributed by atoms with E-state index in [1.54, 1.807) is 0 Å². The predicted molar refractivity (Wildman–Crippen MR) is 91.6 cm³/mol. The maximum absolute atomic E-state index is 9.02. The summed E-state index contributed by atoms with van der Waals surface area (Å²) in [7, 11) is 0. The van der Waals surface area contributed by atoms with Crippen LogP contribution in [0.15, 0.2) is 41.0 Å². The first-order chi connectivity index (χ1) is 10.5. The standard InChI is InChI=1S/C18H18BrN3/c1-18(2)9-16-14(4-3-7-21-16)17(10-18)22-13-6-5-12(11-20)15(19)8-13/h3-8,17,22H,9-10H2,1-2H3. The van der Waals surface area contributed by atoms with Crippen LogP contribution in [0, 0.1) is 16.7 Å². The molecule has 0 spiro atoms. The minimum Gasteiger partial charge on any atom is -0.378 e. The van der Waals surface area contributed by atoms with E-state index in [2.05, 4.69) is 52.2 Å². The lowest BCUT2D eigenvalue weighted by molar-refractivity contribution is 0.287. The zero-order valence-corrected chi connectivity index (χ0v) is 14.3. The first-order valence-electron chi connectivity index (χ1n) is 7.38. The molecule has 0 saturated carbocycles. The van der Waals surface area contributed by atoms with E-state index >= 15 is 0 Å². The smallest absolute Gasteiger partial charge is 0.100 e. The number of hydrogen-bond acceptors (Lipinski definition) is 3. The Bertz CT molecular complexity index is 746. The molecule has 1 heterocycles. The number of aromatic nitrogens is 1. The monoisotopic (exact) mass is 355 g/mol. The number of pyridine rings is 1. The predicted octanol–water partition coefficient (Wildman–Crippen LogP) is 4.84. The van der Waals surface area contributed by atoms with E-state index in [4.69, 9.17) is 5.26 Å². The first-order valence-corrected chi connectivity index (χ1v) is 8.18. The molecule has 0 amide bonds. The average molecular weight is 356 g/mol. The van der Waals surface area contributed by atoms with Crippen molar-refractivity contribution in [3.05, 3.63) is 57.8 Å². The fraction of sp³-hybridized carbons (Fsp3) is 0.333. The van der Waals surface area contributed by atoms with Gasteiger partial charge in [-0.25, -0.2) is 0 Å². The summed E-state index contributed by atoms with van der Waals surface area (Å²) in [6.45, 7) is 4.57. The SMILES string of the molecule is CC1(C)Cc2ncccc2C(Nc2ccc(C#N)c(Br)c2)C1. The molecule has 1 aliphatic rings. The van der Waals surface area contributed by atoms with Gasteiger partial charge >= 0.3 is 0 Å². The summed E-state index contributed by atoms with van der Waals surface area (Å²) in [6.07, 6.45) is 3.94. The zero-order chi connectivity index (χ0) is 15.7. The Labute approximate surface area is 139 Å². The number of nitrogens with zero attached hydrogens (tertiary/aromatic N) is 2. The Morgan fingerprint density at radius 1 is 1.36 bits per heavy atom. The van der Waals surface area contributed by atoms with E-state index in [1.165, 1.54) is 11.3 Å². The molecule has 0 saturated heterocycles. The van der Waals surface area contributed by atoms with E-state index in [-0.39, 0.29) is 11.5 Å². The van der Waals surface area contributed by atoms with Gasteiger partial charge in [-0.2, -0.15) is 5.26 Å². The van der Waals surface area contributed by atoms with Crippen molar-refractivity contribution in [2.45, 2.75) is 32.7 Å². The van der Waals surface area contributed by atoms with Gasteiger partial charge < -0.3 is 5.32 Å². The molecular formula is C18H18BrN3. The molecule has 1 aromatic heterocycles. The molecule has 1 N–H and O–H groups in total. The molecule has 0 fully saturated rings. The molecule has 2 aromatic rings. The Balaban J connectivity index is 1.92. The second kappa shape index (κ2) is 5.73. The Kier molecular flexibility index (Phi) is 3.92. The maximum atomic E-state index is 9.02. The van der Waals surface area contributed by atoms with Crippen LogP contribution in [-0.4, -0.2) is 4.98 Å². The van der Waals surface area contributed by atoms with Gasteiger partial charge in [0, 0.05) is 22.1 Å². The van der Waals surface area contributed by atoms with Crippen molar-refractivity contribution in [3.8, 4) is 6.07 Å². The summed E-state index contributed by atoms with van der Waals surface area (Å²) in [4.78, 5) is 4.56. The molecule has 3 rings (SSSR count). The van der Waals surface area contributed by atoms with E-state index < -0.39 is 0 Å². The topological polar surface area (TPSA) is 48.7 Å². The number of anilines is 1. The Morgan fingerprint density at radius 2 is 2.18 bits per heavy atom. The molecule has 112 valence electrons. The molecule has 3 nitrogen and oxygen atoms in total. The summed E-state index contributed by atoms with van der Waals surface area (Å²) in [6, 6.07) is 12.3. The Morgan fingerprint density at radius 3 is 2.91 bits per heavy atom. The van der Waals surface area contributed by atoms with Crippen molar-refractivity contribution in [1.29, 1.82) is 5.26 Å². The zero-order valence-electron chi connectivity index (χ0n) is 12.7. The summed E-state index contributed by atoms with van der Waals surface area (Å²) in [5.74, 6) is 0. The van der Waals surface area contributed by atoms with Crippen molar-refractivity contribution >= 4 is 21.6 Å². The van der Waals surface area contributed by atoms with Gasteiger partial charge in [0.25, 0.3) is 0 Å². The van der Waals surface area contributed by atoms with Crippen molar-refractivity contribution in [1.82, 2.24) is 4.98 Å². The van der Waals surface area contributed by atoms with Crippen LogP contribution in [0.25, 0.3) is 0 Å². The molecular weight excluding hydrogens is 338 g/mol. The van der Waals surface area contributed by atoms with Crippen molar-refractivity contribution < 1.29 is 0 Å². The van der Waals surface area contributed by atoms with E-state index in [9.17, 15) is 0 Å². The Hall–Kier alpha value is -1.86. The molecule has 0 radical (unpaired) electrons. The van der Waals surface area contributed by atoms with Crippen molar-refractivity contribution in [2.75, 3.05) is 5.32 Å². The van der Waals surface area contributed by atoms with Gasteiger partial charge in [0.15, 0.2) is 0 Å². The molecule has 0 bridgehead atoms. The minimum atomic E-state index is 0.225. The number of nitrogens with one attached hydrogen (secondary N) is 1. The second-order valence-electron chi connectivity index (χ2n) is 6.59. The van der Waals surface area contributed by atoms with Gasteiger partial charge in [-0.1, -0.05) is 19.9 Å². The number of halogens is 1. The highest BCUT2D eigenvalue weighted by atomic mass is 79.9. The summed E-state index contributed by atoms with van der Waals surface area (Å²) in [5, 5.41) is 12.6.